The van der Waals surface area contributed by atoms with E-state index in [0.717, 1.165) is 12.5 Å². The fourth-order valence-corrected chi connectivity index (χ4v) is 2.40. The van der Waals surface area contributed by atoms with Crippen LogP contribution < -0.4 is 0 Å². The molecular formula is C10H19NOS. The molecule has 0 aromatic carbocycles. The van der Waals surface area contributed by atoms with Crippen LogP contribution in [0.1, 0.15) is 26.7 Å². The molecule has 2 atom stereocenters. The second kappa shape index (κ2) is 4.89. The lowest BCUT2D eigenvalue weighted by atomic mass is 9.93. The molecule has 3 heteroatoms. The summed E-state index contributed by atoms with van der Waals surface area (Å²) in [6.45, 7) is 5.39. The molecule has 0 radical (unpaired) electrons. The van der Waals surface area contributed by atoms with Gasteiger partial charge in [0, 0.05) is 12.6 Å². The number of thioether (sulfide) groups is 1. The lowest BCUT2D eigenvalue weighted by Crippen LogP contribution is -2.44. The summed E-state index contributed by atoms with van der Waals surface area (Å²) < 4.78 is 0. The second-order valence-corrected chi connectivity index (χ2v) is 4.86. The minimum absolute atomic E-state index is 0.312. The van der Waals surface area contributed by atoms with Crippen LogP contribution in [0.4, 0.5) is 0 Å². The number of nitrogens with zero attached hydrogens (tertiary/aromatic N) is 1. The molecule has 0 aromatic heterocycles. The largest absolute Gasteiger partial charge is 0.339 e. The fourth-order valence-electron chi connectivity index (χ4n) is 1.98. The molecule has 0 aromatic rings. The van der Waals surface area contributed by atoms with Gasteiger partial charge in [-0.1, -0.05) is 6.92 Å². The first-order valence-corrected chi connectivity index (χ1v) is 6.33. The lowest BCUT2D eigenvalue weighted by molar-refractivity contribution is -0.132. The van der Waals surface area contributed by atoms with E-state index in [-0.39, 0.29) is 0 Å². The third-order valence-electron chi connectivity index (χ3n) is 2.73. The molecule has 76 valence electrons. The average molecular weight is 201 g/mol. The molecule has 0 N–H and O–H groups in total. The maximum absolute atomic E-state index is 11.6. The molecule has 13 heavy (non-hydrogen) atoms. The first kappa shape index (κ1) is 10.9. The highest BCUT2D eigenvalue weighted by Gasteiger charge is 2.25. The van der Waals surface area contributed by atoms with E-state index in [4.69, 9.17) is 0 Å². The standard InChI is InChI=1S/C10H19NOS/c1-8-4-5-11(9(2)6-8)10(12)7-13-3/h8-9H,4-7H2,1-3H3/t8-,9-/m0/s1. The number of carbonyl (C=O) groups excluding carboxylic acids is 1. The fraction of sp³-hybridized carbons (Fsp3) is 0.900. The Kier molecular flexibility index (Phi) is 4.10. The Morgan fingerprint density at radius 2 is 2.23 bits per heavy atom. The number of carbonyl (C=O) groups is 1. The van der Waals surface area contributed by atoms with Crippen LogP contribution in [-0.2, 0) is 4.79 Å². The van der Waals surface area contributed by atoms with Crippen LogP contribution in [0.15, 0.2) is 0 Å². The highest BCUT2D eigenvalue weighted by Crippen LogP contribution is 2.22. The van der Waals surface area contributed by atoms with Gasteiger partial charge in [-0.25, -0.2) is 0 Å². The van der Waals surface area contributed by atoms with Gasteiger partial charge in [-0.05, 0) is 31.9 Å². The van der Waals surface area contributed by atoms with E-state index in [2.05, 4.69) is 13.8 Å². The predicted molar refractivity (Wildman–Crippen MR) is 58.0 cm³/mol. The minimum atomic E-state index is 0.312. The van der Waals surface area contributed by atoms with Gasteiger partial charge in [0.1, 0.15) is 0 Å². The smallest absolute Gasteiger partial charge is 0.232 e. The Morgan fingerprint density at radius 1 is 1.54 bits per heavy atom. The van der Waals surface area contributed by atoms with Gasteiger partial charge in [0.05, 0.1) is 5.75 Å². The molecule has 0 bridgehead atoms. The van der Waals surface area contributed by atoms with E-state index in [0.29, 0.717) is 17.7 Å². The summed E-state index contributed by atoms with van der Waals surface area (Å²) in [5.74, 6) is 1.74. The Labute approximate surface area is 85.1 Å². The number of hydrogen-bond acceptors (Lipinski definition) is 2. The van der Waals surface area contributed by atoms with Crippen LogP contribution in [-0.4, -0.2) is 35.4 Å². The van der Waals surface area contributed by atoms with Crippen molar-refractivity contribution >= 4 is 17.7 Å². The van der Waals surface area contributed by atoms with Gasteiger partial charge in [-0.2, -0.15) is 11.8 Å². The van der Waals surface area contributed by atoms with Crippen LogP contribution in [0.25, 0.3) is 0 Å². The Hall–Kier alpha value is -0.180. The molecule has 1 amide bonds. The highest BCUT2D eigenvalue weighted by molar-refractivity contribution is 7.99. The Morgan fingerprint density at radius 3 is 2.77 bits per heavy atom. The van der Waals surface area contributed by atoms with Crippen LogP contribution in [0, 0.1) is 5.92 Å². The van der Waals surface area contributed by atoms with Crippen molar-refractivity contribution in [1.82, 2.24) is 4.90 Å². The van der Waals surface area contributed by atoms with Crippen LogP contribution >= 0.6 is 11.8 Å². The van der Waals surface area contributed by atoms with Gasteiger partial charge >= 0.3 is 0 Å². The lowest BCUT2D eigenvalue weighted by Gasteiger charge is -2.36. The van der Waals surface area contributed by atoms with Gasteiger partial charge in [-0.3, -0.25) is 4.79 Å². The Bertz CT molecular complexity index is 184. The molecule has 2 nitrogen and oxygen atoms in total. The summed E-state index contributed by atoms with van der Waals surface area (Å²) in [6, 6.07) is 0.448. The maximum atomic E-state index is 11.6. The molecule has 0 spiro atoms. The quantitative estimate of drug-likeness (QED) is 0.681. The first-order valence-electron chi connectivity index (χ1n) is 4.93. The zero-order valence-corrected chi connectivity index (χ0v) is 9.56. The zero-order chi connectivity index (χ0) is 9.84. The third kappa shape index (κ3) is 2.90. The molecular weight excluding hydrogens is 182 g/mol. The van der Waals surface area contributed by atoms with Gasteiger partial charge in [-0.15, -0.1) is 0 Å². The molecule has 1 aliphatic rings. The maximum Gasteiger partial charge on any atom is 0.232 e. The summed E-state index contributed by atoms with van der Waals surface area (Å²) >= 11 is 1.62. The molecule has 1 saturated heterocycles. The second-order valence-electron chi connectivity index (χ2n) is 4.00. The monoisotopic (exact) mass is 201 g/mol. The van der Waals surface area contributed by atoms with E-state index in [1.165, 1.54) is 12.8 Å². The van der Waals surface area contributed by atoms with Crippen molar-refractivity contribution in [3.05, 3.63) is 0 Å². The van der Waals surface area contributed by atoms with Gasteiger partial charge in [0.2, 0.25) is 5.91 Å². The van der Waals surface area contributed by atoms with Crippen molar-refractivity contribution in [3.8, 4) is 0 Å². The molecule has 1 aliphatic heterocycles. The average Bonchev–Trinajstić information content (AvgIpc) is 2.04. The molecule has 1 heterocycles. The zero-order valence-electron chi connectivity index (χ0n) is 8.75. The van der Waals surface area contributed by atoms with Crippen molar-refractivity contribution in [2.45, 2.75) is 32.7 Å². The summed E-state index contributed by atoms with van der Waals surface area (Å²) in [5, 5.41) is 0. The molecule has 0 saturated carbocycles. The predicted octanol–water partition coefficient (Wildman–Crippen LogP) is 2.00. The number of rotatable bonds is 2. The van der Waals surface area contributed by atoms with E-state index < -0.39 is 0 Å². The summed E-state index contributed by atoms with van der Waals surface area (Å²) in [5.41, 5.74) is 0. The van der Waals surface area contributed by atoms with E-state index in [9.17, 15) is 4.79 Å². The van der Waals surface area contributed by atoms with E-state index >= 15 is 0 Å². The highest BCUT2D eigenvalue weighted by atomic mass is 32.2. The van der Waals surface area contributed by atoms with Crippen molar-refractivity contribution in [1.29, 1.82) is 0 Å². The van der Waals surface area contributed by atoms with Crippen LogP contribution in [0.5, 0.6) is 0 Å². The summed E-state index contributed by atoms with van der Waals surface area (Å²) in [7, 11) is 0. The molecule has 0 unspecified atom stereocenters. The number of hydrogen-bond donors (Lipinski definition) is 0. The summed E-state index contributed by atoms with van der Waals surface area (Å²) in [4.78, 5) is 13.7. The number of piperidine rings is 1. The normalized spacial score (nSPS) is 29.0. The first-order chi connectivity index (χ1) is 6.15. The van der Waals surface area contributed by atoms with Gasteiger partial charge in [0.15, 0.2) is 0 Å². The van der Waals surface area contributed by atoms with Crippen molar-refractivity contribution < 1.29 is 4.79 Å². The Balaban J connectivity index is 2.45. The van der Waals surface area contributed by atoms with Crippen molar-refractivity contribution in [3.63, 3.8) is 0 Å². The molecule has 0 aliphatic carbocycles. The minimum Gasteiger partial charge on any atom is -0.339 e. The third-order valence-corrected chi connectivity index (χ3v) is 3.26. The molecule has 1 rings (SSSR count). The number of amides is 1. The van der Waals surface area contributed by atoms with Crippen LogP contribution in [0.2, 0.25) is 0 Å². The number of likely N-dealkylation sites (tertiary alicyclic amines) is 1. The SMILES string of the molecule is CSCC(=O)N1CC[C@H](C)C[C@@H]1C. The van der Waals surface area contributed by atoms with E-state index in [1.54, 1.807) is 11.8 Å². The topological polar surface area (TPSA) is 20.3 Å². The van der Waals surface area contributed by atoms with Crippen LogP contribution in [0.3, 0.4) is 0 Å². The van der Waals surface area contributed by atoms with Gasteiger partial charge < -0.3 is 4.90 Å². The van der Waals surface area contributed by atoms with Crippen molar-refractivity contribution in [2.24, 2.45) is 5.92 Å². The van der Waals surface area contributed by atoms with E-state index in [1.807, 2.05) is 11.2 Å². The van der Waals surface area contributed by atoms with Crippen molar-refractivity contribution in [2.75, 3.05) is 18.6 Å². The summed E-state index contributed by atoms with van der Waals surface area (Å²) in [6.07, 6.45) is 4.32. The molecule has 1 fully saturated rings. The van der Waals surface area contributed by atoms with Gasteiger partial charge in [0.25, 0.3) is 0 Å².